The average Bonchev–Trinajstić information content (AvgIpc) is 2.72. The molecule has 1 amide bonds. The highest BCUT2D eigenvalue weighted by atomic mass is 32.2. The molecule has 0 spiro atoms. The Morgan fingerprint density at radius 3 is 2.37 bits per heavy atom. The number of ether oxygens (including phenoxy) is 1. The van der Waals surface area contributed by atoms with E-state index in [4.69, 9.17) is 4.74 Å². The molecule has 6 nitrogen and oxygen atoms in total. The van der Waals surface area contributed by atoms with E-state index in [1.54, 1.807) is 30.3 Å². The minimum Gasteiger partial charge on any atom is -0.484 e. The van der Waals surface area contributed by atoms with Crippen LogP contribution >= 0.6 is 0 Å². The minimum absolute atomic E-state index is 0.0807. The van der Waals surface area contributed by atoms with Crippen molar-refractivity contribution in [3.05, 3.63) is 89.7 Å². The summed E-state index contributed by atoms with van der Waals surface area (Å²) in [6, 6.07) is 18.6. The Hall–Kier alpha value is -3.39. The van der Waals surface area contributed by atoms with E-state index in [1.807, 2.05) is 13.0 Å². The van der Waals surface area contributed by atoms with Gasteiger partial charge in [0.15, 0.2) is 6.61 Å². The molecular formula is C22H21FN2O4S. The van der Waals surface area contributed by atoms with Crippen molar-refractivity contribution in [3.63, 3.8) is 0 Å². The number of rotatable bonds is 8. The van der Waals surface area contributed by atoms with E-state index in [1.165, 1.54) is 36.4 Å². The van der Waals surface area contributed by atoms with Crippen LogP contribution in [0.4, 0.5) is 10.1 Å². The zero-order chi connectivity index (χ0) is 21.6. The van der Waals surface area contributed by atoms with Crippen LogP contribution < -0.4 is 14.8 Å². The number of carbonyl (C=O) groups excluding carboxylic acids is 1. The molecule has 0 saturated heterocycles. The summed E-state index contributed by atoms with van der Waals surface area (Å²) in [5, 5.41) is 2.66. The molecule has 2 N–H and O–H groups in total. The molecule has 0 aliphatic heterocycles. The zero-order valence-corrected chi connectivity index (χ0v) is 17.1. The lowest BCUT2D eigenvalue weighted by atomic mass is 10.2. The van der Waals surface area contributed by atoms with E-state index in [9.17, 15) is 17.6 Å². The van der Waals surface area contributed by atoms with Gasteiger partial charge >= 0.3 is 0 Å². The Balaban J connectivity index is 1.52. The second kappa shape index (κ2) is 9.41. The molecule has 0 radical (unpaired) electrons. The van der Waals surface area contributed by atoms with Crippen LogP contribution in [0.15, 0.2) is 77.7 Å². The maximum absolute atomic E-state index is 12.9. The number of nitrogens with one attached hydrogen (secondary N) is 2. The lowest BCUT2D eigenvalue weighted by molar-refractivity contribution is -0.123. The first-order valence-electron chi connectivity index (χ1n) is 9.15. The molecule has 0 fully saturated rings. The monoisotopic (exact) mass is 428 g/mol. The normalized spacial score (nSPS) is 11.0. The van der Waals surface area contributed by atoms with Crippen molar-refractivity contribution in [2.75, 3.05) is 11.3 Å². The summed E-state index contributed by atoms with van der Waals surface area (Å²) >= 11 is 0. The molecule has 0 saturated carbocycles. The molecule has 0 atom stereocenters. The summed E-state index contributed by atoms with van der Waals surface area (Å²) in [7, 11) is -3.73. The van der Waals surface area contributed by atoms with Crippen molar-refractivity contribution < 1.29 is 22.3 Å². The minimum atomic E-state index is -3.73. The van der Waals surface area contributed by atoms with Crippen LogP contribution in [0, 0.1) is 12.7 Å². The van der Waals surface area contributed by atoms with E-state index in [2.05, 4.69) is 10.0 Å². The van der Waals surface area contributed by atoms with Gasteiger partial charge in [-0.25, -0.2) is 12.8 Å². The maximum atomic E-state index is 12.9. The summed E-state index contributed by atoms with van der Waals surface area (Å²) in [4.78, 5) is 12.0. The molecule has 0 unspecified atom stereocenters. The van der Waals surface area contributed by atoms with E-state index in [0.717, 1.165) is 11.1 Å². The number of hydrogen-bond donors (Lipinski definition) is 2. The van der Waals surface area contributed by atoms with Crippen molar-refractivity contribution in [2.45, 2.75) is 18.4 Å². The van der Waals surface area contributed by atoms with E-state index in [0.29, 0.717) is 11.4 Å². The predicted molar refractivity (Wildman–Crippen MR) is 112 cm³/mol. The number of anilines is 1. The lowest BCUT2D eigenvalue weighted by Gasteiger charge is -2.10. The van der Waals surface area contributed by atoms with Gasteiger partial charge < -0.3 is 10.1 Å². The Kier molecular flexibility index (Phi) is 6.68. The van der Waals surface area contributed by atoms with Gasteiger partial charge in [0.05, 0.1) is 4.90 Å². The maximum Gasteiger partial charge on any atom is 0.261 e. The molecule has 3 rings (SSSR count). The highest BCUT2D eigenvalue weighted by molar-refractivity contribution is 7.92. The van der Waals surface area contributed by atoms with Gasteiger partial charge in [0.2, 0.25) is 0 Å². The SMILES string of the molecule is Cc1cccc(NS(=O)(=O)c2ccc(OCC(=O)NCc3ccc(F)cc3)cc2)c1. The number of benzene rings is 3. The number of aryl methyl sites for hydroxylation is 1. The molecular weight excluding hydrogens is 407 g/mol. The number of sulfonamides is 1. The number of carbonyl (C=O) groups is 1. The van der Waals surface area contributed by atoms with Gasteiger partial charge in [0, 0.05) is 12.2 Å². The molecule has 3 aromatic rings. The summed E-state index contributed by atoms with van der Waals surface area (Å²) in [6.07, 6.45) is 0. The van der Waals surface area contributed by atoms with E-state index in [-0.39, 0.29) is 29.8 Å². The Bertz CT molecular complexity index is 1110. The fourth-order valence-electron chi connectivity index (χ4n) is 2.64. The lowest BCUT2D eigenvalue weighted by Crippen LogP contribution is -2.28. The predicted octanol–water partition coefficient (Wildman–Crippen LogP) is 3.63. The van der Waals surface area contributed by atoms with Crippen molar-refractivity contribution in [2.24, 2.45) is 0 Å². The average molecular weight is 428 g/mol. The molecule has 156 valence electrons. The summed E-state index contributed by atoms with van der Waals surface area (Å²) < 4.78 is 45.8. The smallest absolute Gasteiger partial charge is 0.261 e. The van der Waals surface area contributed by atoms with Crippen LogP contribution in [0.5, 0.6) is 5.75 Å². The molecule has 30 heavy (non-hydrogen) atoms. The molecule has 0 aliphatic carbocycles. The Morgan fingerprint density at radius 2 is 1.70 bits per heavy atom. The van der Waals surface area contributed by atoms with Gasteiger partial charge in [-0.2, -0.15) is 0 Å². The van der Waals surface area contributed by atoms with Crippen molar-refractivity contribution in [1.29, 1.82) is 0 Å². The fourth-order valence-corrected chi connectivity index (χ4v) is 3.69. The van der Waals surface area contributed by atoms with Crippen LogP contribution in [-0.4, -0.2) is 20.9 Å². The molecule has 3 aromatic carbocycles. The second-order valence-electron chi connectivity index (χ2n) is 6.64. The van der Waals surface area contributed by atoms with Crippen molar-refractivity contribution in [3.8, 4) is 5.75 Å². The van der Waals surface area contributed by atoms with Crippen molar-refractivity contribution >= 4 is 21.6 Å². The van der Waals surface area contributed by atoms with Crippen LogP contribution in [0.2, 0.25) is 0 Å². The summed E-state index contributed by atoms with van der Waals surface area (Å²) in [6.45, 7) is 1.90. The summed E-state index contributed by atoms with van der Waals surface area (Å²) in [5.74, 6) is -0.327. The van der Waals surface area contributed by atoms with Gasteiger partial charge in [0.1, 0.15) is 11.6 Å². The quantitative estimate of drug-likeness (QED) is 0.574. The Morgan fingerprint density at radius 1 is 1.00 bits per heavy atom. The van der Waals surface area contributed by atoms with E-state index >= 15 is 0 Å². The molecule has 0 aliphatic rings. The van der Waals surface area contributed by atoms with Crippen LogP contribution in [-0.2, 0) is 21.4 Å². The van der Waals surface area contributed by atoms with Gasteiger partial charge in [-0.3, -0.25) is 9.52 Å². The van der Waals surface area contributed by atoms with Gasteiger partial charge in [-0.1, -0.05) is 24.3 Å². The van der Waals surface area contributed by atoms with E-state index < -0.39 is 10.0 Å². The third-order valence-electron chi connectivity index (χ3n) is 4.18. The van der Waals surface area contributed by atoms with Gasteiger partial charge in [-0.05, 0) is 66.6 Å². The number of halogens is 1. The molecule has 0 aromatic heterocycles. The number of amides is 1. The standard InChI is InChI=1S/C22H21FN2O4S/c1-16-3-2-4-19(13-16)25-30(27,28)21-11-9-20(10-12-21)29-15-22(26)24-14-17-5-7-18(23)8-6-17/h2-13,25H,14-15H2,1H3,(H,24,26). The third-order valence-corrected chi connectivity index (χ3v) is 5.57. The number of hydrogen-bond acceptors (Lipinski definition) is 4. The van der Waals surface area contributed by atoms with Gasteiger partial charge in [-0.15, -0.1) is 0 Å². The first-order chi connectivity index (χ1) is 14.3. The second-order valence-corrected chi connectivity index (χ2v) is 8.32. The topological polar surface area (TPSA) is 84.5 Å². The first kappa shape index (κ1) is 21.3. The summed E-state index contributed by atoms with van der Waals surface area (Å²) in [5.41, 5.74) is 2.19. The van der Waals surface area contributed by atoms with Crippen LogP contribution in [0.25, 0.3) is 0 Å². The van der Waals surface area contributed by atoms with Gasteiger partial charge in [0.25, 0.3) is 15.9 Å². The third kappa shape index (κ3) is 6.05. The zero-order valence-electron chi connectivity index (χ0n) is 16.3. The largest absolute Gasteiger partial charge is 0.484 e. The molecule has 0 bridgehead atoms. The first-order valence-corrected chi connectivity index (χ1v) is 10.6. The highest BCUT2D eigenvalue weighted by Crippen LogP contribution is 2.20. The van der Waals surface area contributed by atoms with Crippen LogP contribution in [0.3, 0.4) is 0 Å². The van der Waals surface area contributed by atoms with Crippen LogP contribution in [0.1, 0.15) is 11.1 Å². The molecule has 8 heteroatoms. The Labute approximate surface area is 174 Å². The molecule has 0 heterocycles. The highest BCUT2D eigenvalue weighted by Gasteiger charge is 2.14. The fraction of sp³-hybridized carbons (Fsp3) is 0.136. The van der Waals surface area contributed by atoms with Crippen molar-refractivity contribution in [1.82, 2.24) is 5.32 Å².